The standard InChI is InChI=1S/C19H22ClN5O2S/c1-11(10-25-13(3)16(20)12(2)22-25)18(26)23-6-4-15-21-17-14(5-9-28-17)19(27)24(15)8-7-23/h5,9,11H,4,6-8,10H2,1-3H3. The van der Waals surface area contributed by atoms with Crippen LogP contribution in [-0.2, 0) is 24.3 Å². The molecule has 1 aliphatic heterocycles. The zero-order valence-electron chi connectivity index (χ0n) is 16.1. The Balaban J connectivity index is 1.50. The van der Waals surface area contributed by atoms with Crippen LogP contribution in [0, 0.1) is 19.8 Å². The Morgan fingerprint density at radius 2 is 2.11 bits per heavy atom. The molecular weight excluding hydrogens is 398 g/mol. The molecule has 0 saturated heterocycles. The van der Waals surface area contributed by atoms with Crippen LogP contribution in [0.2, 0.25) is 5.02 Å². The smallest absolute Gasteiger partial charge is 0.262 e. The van der Waals surface area contributed by atoms with Gasteiger partial charge in [-0.05, 0) is 25.3 Å². The van der Waals surface area contributed by atoms with Crippen molar-refractivity contribution >= 4 is 39.1 Å². The van der Waals surface area contributed by atoms with Crippen LogP contribution in [0.5, 0.6) is 0 Å². The number of aryl methyl sites for hydroxylation is 1. The number of carbonyl (C=O) groups is 1. The number of halogens is 1. The summed E-state index contributed by atoms with van der Waals surface area (Å²) in [5.74, 6) is 0.586. The first kappa shape index (κ1) is 19.1. The number of carbonyl (C=O) groups excluding carboxylic acids is 1. The van der Waals surface area contributed by atoms with E-state index >= 15 is 0 Å². The number of hydrogen-bond acceptors (Lipinski definition) is 5. The quantitative estimate of drug-likeness (QED) is 0.654. The first-order valence-electron chi connectivity index (χ1n) is 9.32. The molecule has 0 bridgehead atoms. The number of aromatic nitrogens is 4. The van der Waals surface area contributed by atoms with Crippen molar-refractivity contribution in [2.24, 2.45) is 5.92 Å². The van der Waals surface area contributed by atoms with Gasteiger partial charge in [0.1, 0.15) is 10.7 Å². The van der Waals surface area contributed by atoms with Gasteiger partial charge in [-0.25, -0.2) is 4.98 Å². The number of rotatable bonds is 3. The zero-order chi connectivity index (χ0) is 20.0. The molecule has 0 saturated carbocycles. The first-order chi connectivity index (χ1) is 13.4. The fourth-order valence-corrected chi connectivity index (χ4v) is 4.61. The molecule has 28 heavy (non-hydrogen) atoms. The summed E-state index contributed by atoms with van der Waals surface area (Å²) in [6, 6.07) is 1.82. The second kappa shape index (κ2) is 7.33. The van der Waals surface area contributed by atoms with Crippen molar-refractivity contribution in [2.75, 3.05) is 13.1 Å². The Morgan fingerprint density at radius 3 is 2.82 bits per heavy atom. The molecule has 0 radical (unpaired) electrons. The fraction of sp³-hybridized carbons (Fsp3) is 0.474. The molecule has 4 heterocycles. The van der Waals surface area contributed by atoms with Gasteiger partial charge in [0.15, 0.2) is 0 Å². The van der Waals surface area contributed by atoms with Crippen molar-refractivity contribution in [3.8, 4) is 0 Å². The number of thiophene rings is 1. The molecular formula is C19H22ClN5O2S. The molecule has 0 N–H and O–H groups in total. The van der Waals surface area contributed by atoms with E-state index < -0.39 is 0 Å². The van der Waals surface area contributed by atoms with Gasteiger partial charge in [0.2, 0.25) is 5.91 Å². The normalized spacial score (nSPS) is 15.5. The molecule has 0 spiro atoms. The number of nitrogens with zero attached hydrogens (tertiary/aromatic N) is 5. The SMILES string of the molecule is Cc1nn(CC(C)C(=O)N2CCc3nc4sccc4c(=O)n3CC2)c(C)c1Cl. The molecule has 148 valence electrons. The topological polar surface area (TPSA) is 73.0 Å². The van der Waals surface area contributed by atoms with Crippen molar-refractivity contribution in [1.29, 1.82) is 0 Å². The maximum Gasteiger partial charge on any atom is 0.262 e. The highest BCUT2D eigenvalue weighted by molar-refractivity contribution is 7.16. The highest BCUT2D eigenvalue weighted by Crippen LogP contribution is 2.21. The lowest BCUT2D eigenvalue weighted by Crippen LogP contribution is -2.39. The zero-order valence-corrected chi connectivity index (χ0v) is 17.7. The summed E-state index contributed by atoms with van der Waals surface area (Å²) in [5, 5.41) is 7.62. The Kier molecular flexibility index (Phi) is 5.01. The molecule has 9 heteroatoms. The highest BCUT2D eigenvalue weighted by Gasteiger charge is 2.25. The van der Waals surface area contributed by atoms with Crippen LogP contribution < -0.4 is 5.56 Å². The molecule has 1 atom stereocenters. The van der Waals surface area contributed by atoms with Gasteiger partial charge in [-0.2, -0.15) is 5.10 Å². The number of hydrogen-bond donors (Lipinski definition) is 0. The third-order valence-corrected chi connectivity index (χ3v) is 6.69. The molecule has 3 aromatic heterocycles. The second-order valence-corrected chi connectivity index (χ2v) is 8.54. The average molecular weight is 420 g/mol. The first-order valence-corrected chi connectivity index (χ1v) is 10.6. The van der Waals surface area contributed by atoms with Crippen LogP contribution in [0.3, 0.4) is 0 Å². The van der Waals surface area contributed by atoms with Gasteiger partial charge in [-0.3, -0.25) is 18.8 Å². The van der Waals surface area contributed by atoms with E-state index in [4.69, 9.17) is 11.6 Å². The lowest BCUT2D eigenvalue weighted by atomic mass is 10.1. The molecule has 1 unspecified atom stereocenters. The molecule has 7 nitrogen and oxygen atoms in total. The van der Waals surface area contributed by atoms with Gasteiger partial charge < -0.3 is 4.90 Å². The van der Waals surface area contributed by atoms with Crippen LogP contribution in [0.1, 0.15) is 24.1 Å². The molecule has 1 amide bonds. The van der Waals surface area contributed by atoms with E-state index in [0.717, 1.165) is 22.0 Å². The van der Waals surface area contributed by atoms with E-state index in [1.807, 2.05) is 37.1 Å². The summed E-state index contributed by atoms with van der Waals surface area (Å²) < 4.78 is 3.51. The lowest BCUT2D eigenvalue weighted by molar-refractivity contribution is -0.135. The van der Waals surface area contributed by atoms with Gasteiger partial charge >= 0.3 is 0 Å². The van der Waals surface area contributed by atoms with Crippen LogP contribution in [0.15, 0.2) is 16.2 Å². The van der Waals surface area contributed by atoms with E-state index in [1.54, 1.807) is 9.25 Å². The highest BCUT2D eigenvalue weighted by atomic mass is 35.5. The van der Waals surface area contributed by atoms with Gasteiger partial charge in [-0.15, -0.1) is 11.3 Å². The largest absolute Gasteiger partial charge is 0.340 e. The van der Waals surface area contributed by atoms with E-state index in [0.29, 0.717) is 43.0 Å². The summed E-state index contributed by atoms with van der Waals surface area (Å²) in [6.07, 6.45) is 0.577. The predicted molar refractivity (Wildman–Crippen MR) is 110 cm³/mol. The van der Waals surface area contributed by atoms with Crippen molar-refractivity contribution in [1.82, 2.24) is 24.2 Å². The maximum absolute atomic E-state index is 13.0. The molecule has 0 fully saturated rings. The van der Waals surface area contributed by atoms with E-state index in [-0.39, 0.29) is 17.4 Å². The summed E-state index contributed by atoms with van der Waals surface area (Å²) in [4.78, 5) is 33.0. The summed E-state index contributed by atoms with van der Waals surface area (Å²) in [7, 11) is 0. The average Bonchev–Trinajstić information content (AvgIpc) is 3.15. The predicted octanol–water partition coefficient (Wildman–Crippen LogP) is 2.65. The minimum absolute atomic E-state index is 0.0131. The molecule has 1 aliphatic rings. The Hall–Kier alpha value is -2.19. The third-order valence-electron chi connectivity index (χ3n) is 5.33. The van der Waals surface area contributed by atoms with E-state index in [1.165, 1.54) is 11.3 Å². The van der Waals surface area contributed by atoms with Gasteiger partial charge in [-0.1, -0.05) is 18.5 Å². The Labute approximate surface area is 171 Å². The minimum Gasteiger partial charge on any atom is -0.340 e. The molecule has 0 aromatic carbocycles. The monoisotopic (exact) mass is 419 g/mol. The van der Waals surface area contributed by atoms with Crippen LogP contribution in [-0.4, -0.2) is 43.2 Å². The second-order valence-electron chi connectivity index (χ2n) is 7.27. The minimum atomic E-state index is -0.233. The van der Waals surface area contributed by atoms with Crippen molar-refractivity contribution in [3.63, 3.8) is 0 Å². The van der Waals surface area contributed by atoms with E-state index in [9.17, 15) is 9.59 Å². The Morgan fingerprint density at radius 1 is 1.32 bits per heavy atom. The summed E-state index contributed by atoms with van der Waals surface area (Å²) >= 11 is 7.69. The number of fused-ring (bicyclic) bond motifs is 2. The van der Waals surface area contributed by atoms with Crippen molar-refractivity contribution < 1.29 is 4.79 Å². The Bertz CT molecular complexity index is 1120. The molecule has 4 rings (SSSR count). The van der Waals surface area contributed by atoms with Crippen LogP contribution in [0.4, 0.5) is 0 Å². The van der Waals surface area contributed by atoms with E-state index in [2.05, 4.69) is 10.1 Å². The maximum atomic E-state index is 13.0. The van der Waals surface area contributed by atoms with Crippen molar-refractivity contribution in [3.05, 3.63) is 44.0 Å². The number of amides is 1. The van der Waals surface area contributed by atoms with Gasteiger partial charge in [0, 0.05) is 26.1 Å². The summed E-state index contributed by atoms with van der Waals surface area (Å²) in [5.41, 5.74) is 1.63. The van der Waals surface area contributed by atoms with Gasteiger partial charge in [0.05, 0.1) is 34.3 Å². The van der Waals surface area contributed by atoms with Crippen molar-refractivity contribution in [2.45, 2.75) is 40.3 Å². The third kappa shape index (κ3) is 3.24. The van der Waals surface area contributed by atoms with Crippen LogP contribution >= 0.6 is 22.9 Å². The van der Waals surface area contributed by atoms with Crippen LogP contribution in [0.25, 0.3) is 10.2 Å². The molecule has 3 aromatic rings. The van der Waals surface area contributed by atoms with Gasteiger partial charge in [0.25, 0.3) is 5.56 Å². The molecule has 0 aliphatic carbocycles. The lowest BCUT2D eigenvalue weighted by Gasteiger charge is -2.24. The summed E-state index contributed by atoms with van der Waals surface area (Å²) in [6.45, 7) is 7.69. The fourth-order valence-electron chi connectivity index (χ4n) is 3.70.